The predicted molar refractivity (Wildman–Crippen MR) is 88.1 cm³/mol. The van der Waals surface area contributed by atoms with E-state index in [0.29, 0.717) is 30.8 Å². The van der Waals surface area contributed by atoms with Gasteiger partial charge < -0.3 is 10.0 Å². The number of likely N-dealkylation sites (tertiary alicyclic amines) is 1. The third kappa shape index (κ3) is 4.23. The van der Waals surface area contributed by atoms with E-state index in [1.807, 2.05) is 32.9 Å². The maximum atomic E-state index is 12.7. The SMILES string of the molecule is CC(C)(C)c1ccccc1S(=O)(=O)NC1CCN(C(=O)O)CC1. The van der Waals surface area contributed by atoms with Gasteiger partial charge in [-0.15, -0.1) is 0 Å². The lowest BCUT2D eigenvalue weighted by Crippen LogP contribution is -2.46. The number of hydrogen-bond acceptors (Lipinski definition) is 3. The Bertz CT molecular complexity index is 672. The molecular formula is C16H24N2O4S. The second-order valence-electron chi connectivity index (χ2n) is 6.91. The zero-order valence-corrected chi connectivity index (χ0v) is 14.6. The van der Waals surface area contributed by atoms with E-state index in [1.165, 1.54) is 4.90 Å². The summed E-state index contributed by atoms with van der Waals surface area (Å²) in [6.07, 6.45) is 0.0243. The summed E-state index contributed by atoms with van der Waals surface area (Å²) in [5, 5.41) is 8.95. The molecule has 128 valence electrons. The third-order valence-corrected chi connectivity index (χ3v) is 5.65. The Labute approximate surface area is 137 Å². The molecular weight excluding hydrogens is 316 g/mol. The number of sulfonamides is 1. The van der Waals surface area contributed by atoms with E-state index in [2.05, 4.69) is 4.72 Å². The normalized spacial score (nSPS) is 17.3. The summed E-state index contributed by atoms with van der Waals surface area (Å²) < 4.78 is 28.2. The lowest BCUT2D eigenvalue weighted by molar-refractivity contribution is 0.131. The van der Waals surface area contributed by atoms with Crippen molar-refractivity contribution in [2.75, 3.05) is 13.1 Å². The second-order valence-corrected chi connectivity index (χ2v) is 8.59. The molecule has 7 heteroatoms. The van der Waals surface area contributed by atoms with Crippen LogP contribution < -0.4 is 4.72 Å². The Kier molecular flexibility index (Phi) is 5.01. The van der Waals surface area contributed by atoms with E-state index in [0.717, 1.165) is 5.56 Å². The summed E-state index contributed by atoms with van der Waals surface area (Å²) in [4.78, 5) is 12.5. The molecule has 1 aliphatic rings. The summed E-state index contributed by atoms with van der Waals surface area (Å²) in [7, 11) is -3.63. The van der Waals surface area contributed by atoms with E-state index in [1.54, 1.807) is 12.1 Å². The molecule has 1 fully saturated rings. The highest BCUT2D eigenvalue weighted by Gasteiger charge is 2.29. The molecule has 0 saturated carbocycles. The number of carbonyl (C=O) groups is 1. The van der Waals surface area contributed by atoms with Crippen molar-refractivity contribution in [2.24, 2.45) is 0 Å². The smallest absolute Gasteiger partial charge is 0.407 e. The number of rotatable bonds is 3. The molecule has 1 aliphatic heterocycles. The fourth-order valence-corrected chi connectivity index (χ4v) is 4.52. The summed E-state index contributed by atoms with van der Waals surface area (Å²) in [5.74, 6) is 0. The fraction of sp³-hybridized carbons (Fsp3) is 0.562. The molecule has 0 bridgehead atoms. The zero-order valence-electron chi connectivity index (χ0n) is 13.7. The van der Waals surface area contributed by atoms with Gasteiger partial charge in [0, 0.05) is 19.1 Å². The molecule has 0 radical (unpaired) electrons. The van der Waals surface area contributed by atoms with Crippen LogP contribution in [0.25, 0.3) is 0 Å². The number of benzene rings is 1. The monoisotopic (exact) mass is 340 g/mol. The molecule has 0 atom stereocenters. The summed E-state index contributed by atoms with van der Waals surface area (Å²) >= 11 is 0. The van der Waals surface area contributed by atoms with Crippen LogP contribution in [-0.4, -0.2) is 43.6 Å². The Morgan fingerprint density at radius 2 is 1.78 bits per heavy atom. The fourth-order valence-electron chi connectivity index (χ4n) is 2.79. The maximum absolute atomic E-state index is 12.7. The molecule has 1 saturated heterocycles. The molecule has 0 unspecified atom stereocenters. The second kappa shape index (κ2) is 6.49. The molecule has 0 aliphatic carbocycles. The highest BCUT2D eigenvalue weighted by atomic mass is 32.2. The summed E-state index contributed by atoms with van der Waals surface area (Å²) in [5.41, 5.74) is 0.494. The van der Waals surface area contributed by atoms with Crippen molar-refractivity contribution in [1.29, 1.82) is 0 Å². The Hall–Kier alpha value is -1.60. The molecule has 0 spiro atoms. The van der Waals surface area contributed by atoms with Crippen molar-refractivity contribution in [3.05, 3.63) is 29.8 Å². The molecule has 6 nitrogen and oxygen atoms in total. The molecule has 2 N–H and O–H groups in total. The third-order valence-electron chi connectivity index (χ3n) is 4.07. The number of nitrogens with zero attached hydrogens (tertiary/aromatic N) is 1. The number of piperidine rings is 1. The first-order valence-corrected chi connectivity index (χ1v) is 9.19. The average Bonchev–Trinajstić information content (AvgIpc) is 2.46. The Balaban J connectivity index is 2.17. The van der Waals surface area contributed by atoms with Crippen LogP contribution in [0, 0.1) is 0 Å². The van der Waals surface area contributed by atoms with Gasteiger partial charge in [-0.1, -0.05) is 39.0 Å². The van der Waals surface area contributed by atoms with E-state index in [4.69, 9.17) is 5.11 Å². The van der Waals surface area contributed by atoms with Crippen LogP contribution in [-0.2, 0) is 15.4 Å². The molecule has 1 heterocycles. The first kappa shape index (κ1) is 17.7. The minimum atomic E-state index is -3.63. The molecule has 1 amide bonds. The van der Waals surface area contributed by atoms with Gasteiger partial charge in [-0.3, -0.25) is 0 Å². The molecule has 23 heavy (non-hydrogen) atoms. The van der Waals surface area contributed by atoms with E-state index < -0.39 is 16.1 Å². The van der Waals surface area contributed by atoms with Crippen LogP contribution in [0.1, 0.15) is 39.2 Å². The predicted octanol–water partition coefficient (Wildman–Crippen LogP) is 2.40. The van der Waals surface area contributed by atoms with Gasteiger partial charge in [-0.05, 0) is 29.9 Å². The Morgan fingerprint density at radius 3 is 2.30 bits per heavy atom. The first-order chi connectivity index (χ1) is 10.6. The minimum Gasteiger partial charge on any atom is -0.465 e. The van der Waals surface area contributed by atoms with Gasteiger partial charge in [0.2, 0.25) is 10.0 Å². The van der Waals surface area contributed by atoms with Crippen molar-refractivity contribution in [2.45, 2.75) is 50.0 Å². The molecule has 1 aromatic rings. The van der Waals surface area contributed by atoms with Gasteiger partial charge in [0.25, 0.3) is 0 Å². The largest absolute Gasteiger partial charge is 0.465 e. The number of nitrogens with one attached hydrogen (secondary N) is 1. The maximum Gasteiger partial charge on any atom is 0.407 e. The van der Waals surface area contributed by atoms with Crippen molar-refractivity contribution < 1.29 is 18.3 Å². The molecule has 0 aromatic heterocycles. The van der Waals surface area contributed by atoms with Crippen molar-refractivity contribution in [3.63, 3.8) is 0 Å². The minimum absolute atomic E-state index is 0.233. The van der Waals surface area contributed by atoms with Crippen LogP contribution in [0.4, 0.5) is 4.79 Å². The number of carboxylic acid groups (broad SMARTS) is 1. The number of hydrogen-bond donors (Lipinski definition) is 2. The summed E-state index contributed by atoms with van der Waals surface area (Å²) in [6.45, 7) is 6.64. The van der Waals surface area contributed by atoms with Crippen molar-refractivity contribution in [3.8, 4) is 0 Å². The molecule has 2 rings (SSSR count). The molecule has 1 aromatic carbocycles. The lowest BCUT2D eigenvalue weighted by atomic mass is 9.87. The van der Waals surface area contributed by atoms with Gasteiger partial charge in [0.05, 0.1) is 4.90 Å². The van der Waals surface area contributed by atoms with Crippen LogP contribution in [0.3, 0.4) is 0 Å². The Morgan fingerprint density at radius 1 is 1.22 bits per heavy atom. The van der Waals surface area contributed by atoms with Crippen LogP contribution >= 0.6 is 0 Å². The highest BCUT2D eigenvalue weighted by molar-refractivity contribution is 7.89. The van der Waals surface area contributed by atoms with Crippen LogP contribution in [0.15, 0.2) is 29.2 Å². The van der Waals surface area contributed by atoms with Crippen molar-refractivity contribution in [1.82, 2.24) is 9.62 Å². The topological polar surface area (TPSA) is 86.7 Å². The van der Waals surface area contributed by atoms with Gasteiger partial charge >= 0.3 is 6.09 Å². The average molecular weight is 340 g/mol. The zero-order chi connectivity index (χ0) is 17.3. The van der Waals surface area contributed by atoms with E-state index in [-0.39, 0.29) is 11.5 Å². The highest BCUT2D eigenvalue weighted by Crippen LogP contribution is 2.29. The standard InChI is InChI=1S/C16H24N2O4S/c1-16(2,3)13-6-4-5-7-14(13)23(21,22)17-12-8-10-18(11-9-12)15(19)20/h4-7,12,17H,8-11H2,1-3H3,(H,19,20). The van der Waals surface area contributed by atoms with E-state index >= 15 is 0 Å². The van der Waals surface area contributed by atoms with Crippen molar-refractivity contribution >= 4 is 16.1 Å². The lowest BCUT2D eigenvalue weighted by Gasteiger charge is -2.31. The van der Waals surface area contributed by atoms with Gasteiger partial charge in [0.1, 0.15) is 0 Å². The summed E-state index contributed by atoms with van der Waals surface area (Å²) in [6, 6.07) is 6.78. The quantitative estimate of drug-likeness (QED) is 0.884. The van der Waals surface area contributed by atoms with Crippen LogP contribution in [0.2, 0.25) is 0 Å². The van der Waals surface area contributed by atoms with Gasteiger partial charge in [0.15, 0.2) is 0 Å². The van der Waals surface area contributed by atoms with Gasteiger partial charge in [-0.2, -0.15) is 0 Å². The van der Waals surface area contributed by atoms with Gasteiger partial charge in [-0.25, -0.2) is 17.9 Å². The number of amides is 1. The van der Waals surface area contributed by atoms with E-state index in [9.17, 15) is 13.2 Å². The van der Waals surface area contributed by atoms with Crippen LogP contribution in [0.5, 0.6) is 0 Å². The first-order valence-electron chi connectivity index (χ1n) is 7.71.